The van der Waals surface area contributed by atoms with Gasteiger partial charge >= 0.3 is 0 Å². The molecule has 0 spiro atoms. The van der Waals surface area contributed by atoms with Gasteiger partial charge in [0.1, 0.15) is 5.82 Å². The van der Waals surface area contributed by atoms with Crippen molar-refractivity contribution in [3.8, 4) is 0 Å². The Morgan fingerprint density at radius 3 is 2.47 bits per heavy atom. The molecule has 1 saturated carbocycles. The first-order valence-corrected chi connectivity index (χ1v) is 7.37. The molecule has 1 aliphatic carbocycles. The van der Waals surface area contributed by atoms with Gasteiger partial charge in [0.2, 0.25) is 0 Å². The van der Waals surface area contributed by atoms with Crippen molar-refractivity contribution in [2.24, 2.45) is 0 Å². The Kier molecular flexibility index (Phi) is 3.85. The number of rotatable bonds is 5. The van der Waals surface area contributed by atoms with Crippen LogP contribution >= 0.6 is 11.8 Å². The van der Waals surface area contributed by atoms with E-state index in [0.717, 1.165) is 17.5 Å². The predicted molar refractivity (Wildman–Crippen MR) is 76.8 cm³/mol. The summed E-state index contributed by atoms with van der Waals surface area (Å²) in [4.78, 5) is 1.74. The second kappa shape index (κ2) is 5.76. The Morgan fingerprint density at radius 2 is 1.79 bits per heavy atom. The number of nitrogens with one attached hydrogen (secondary N) is 1. The van der Waals surface area contributed by atoms with Gasteiger partial charge in [-0.15, -0.1) is 0 Å². The Morgan fingerprint density at radius 1 is 1.05 bits per heavy atom. The predicted octanol–water partition coefficient (Wildman–Crippen LogP) is 4.23. The van der Waals surface area contributed by atoms with Gasteiger partial charge in [-0.05, 0) is 42.7 Å². The van der Waals surface area contributed by atoms with E-state index in [1.807, 2.05) is 12.1 Å². The van der Waals surface area contributed by atoms with Crippen molar-refractivity contribution >= 4 is 11.8 Å². The zero-order valence-electron chi connectivity index (χ0n) is 10.6. The molecule has 1 nitrogen and oxygen atoms in total. The highest BCUT2D eigenvalue weighted by Gasteiger charge is 2.19. The van der Waals surface area contributed by atoms with Gasteiger partial charge in [0.25, 0.3) is 0 Å². The molecular weight excluding hydrogens is 257 g/mol. The van der Waals surface area contributed by atoms with Gasteiger partial charge in [0.05, 0.1) is 0 Å². The number of hydrogen-bond donors (Lipinski definition) is 1. The lowest BCUT2D eigenvalue weighted by Gasteiger charge is -2.06. The maximum atomic E-state index is 13.5. The van der Waals surface area contributed by atoms with Crippen molar-refractivity contribution in [3.05, 3.63) is 59.9 Å². The zero-order valence-corrected chi connectivity index (χ0v) is 11.4. The van der Waals surface area contributed by atoms with Gasteiger partial charge in [0.15, 0.2) is 0 Å². The van der Waals surface area contributed by atoms with Gasteiger partial charge < -0.3 is 5.32 Å². The topological polar surface area (TPSA) is 12.0 Å². The smallest absolute Gasteiger partial charge is 0.137 e. The molecule has 1 N–H and O–H groups in total. The van der Waals surface area contributed by atoms with Crippen LogP contribution in [0.2, 0.25) is 0 Å². The van der Waals surface area contributed by atoms with Gasteiger partial charge in [0, 0.05) is 22.4 Å². The highest BCUT2D eigenvalue weighted by atomic mass is 32.2. The van der Waals surface area contributed by atoms with Crippen LogP contribution in [0, 0.1) is 5.82 Å². The fraction of sp³-hybridized carbons (Fsp3) is 0.250. The van der Waals surface area contributed by atoms with Gasteiger partial charge in [-0.25, -0.2) is 4.39 Å². The maximum Gasteiger partial charge on any atom is 0.137 e. The van der Waals surface area contributed by atoms with Crippen LogP contribution in [0.1, 0.15) is 18.4 Å². The van der Waals surface area contributed by atoms with E-state index in [1.54, 1.807) is 6.07 Å². The summed E-state index contributed by atoms with van der Waals surface area (Å²) in [5.41, 5.74) is 1.28. The standard InChI is InChI=1S/C16H16FNS/c17-15-3-1-2-4-16(15)19-14-9-5-12(6-10-14)11-18-13-7-8-13/h1-6,9-10,13,18H,7-8,11H2. The molecule has 2 aromatic carbocycles. The Balaban J connectivity index is 1.63. The van der Waals surface area contributed by atoms with Crippen molar-refractivity contribution in [1.82, 2.24) is 5.32 Å². The van der Waals surface area contributed by atoms with Crippen molar-refractivity contribution in [2.75, 3.05) is 0 Å². The van der Waals surface area contributed by atoms with E-state index in [0.29, 0.717) is 4.90 Å². The first kappa shape index (κ1) is 12.7. The van der Waals surface area contributed by atoms with Crippen molar-refractivity contribution < 1.29 is 4.39 Å². The first-order valence-electron chi connectivity index (χ1n) is 6.56. The summed E-state index contributed by atoms with van der Waals surface area (Å²) < 4.78 is 13.5. The SMILES string of the molecule is Fc1ccccc1Sc1ccc(CNC2CC2)cc1. The van der Waals surface area contributed by atoms with Crippen LogP contribution in [0.3, 0.4) is 0 Å². The lowest BCUT2D eigenvalue weighted by molar-refractivity contribution is 0.602. The third-order valence-electron chi connectivity index (χ3n) is 3.16. The minimum absolute atomic E-state index is 0.160. The van der Waals surface area contributed by atoms with Gasteiger partial charge in [-0.1, -0.05) is 36.0 Å². The largest absolute Gasteiger partial charge is 0.310 e. The molecule has 0 atom stereocenters. The Hall–Kier alpha value is -1.32. The van der Waals surface area contributed by atoms with E-state index in [9.17, 15) is 4.39 Å². The highest BCUT2D eigenvalue weighted by Crippen LogP contribution is 2.29. The molecule has 3 heteroatoms. The van der Waals surface area contributed by atoms with Crippen molar-refractivity contribution in [3.63, 3.8) is 0 Å². The van der Waals surface area contributed by atoms with E-state index in [1.165, 1.54) is 36.2 Å². The van der Waals surface area contributed by atoms with Gasteiger partial charge in [-0.2, -0.15) is 0 Å². The van der Waals surface area contributed by atoms with E-state index in [-0.39, 0.29) is 5.82 Å². The first-order chi connectivity index (χ1) is 9.31. The average Bonchev–Trinajstić information content (AvgIpc) is 3.25. The minimum Gasteiger partial charge on any atom is -0.310 e. The summed E-state index contributed by atoms with van der Waals surface area (Å²) in [6.07, 6.45) is 2.61. The molecule has 0 heterocycles. The Bertz CT molecular complexity index is 549. The van der Waals surface area contributed by atoms with Crippen molar-refractivity contribution in [2.45, 2.75) is 35.2 Å². The molecule has 3 rings (SSSR count). The molecule has 0 bridgehead atoms. The second-order valence-corrected chi connectivity index (χ2v) is 5.95. The summed E-state index contributed by atoms with van der Waals surface area (Å²) in [5.74, 6) is -0.160. The molecule has 19 heavy (non-hydrogen) atoms. The maximum absolute atomic E-state index is 13.5. The van der Waals surface area contributed by atoms with Gasteiger partial charge in [-0.3, -0.25) is 0 Å². The summed E-state index contributed by atoms with van der Waals surface area (Å²) >= 11 is 1.46. The molecule has 0 saturated heterocycles. The Labute approximate surface area is 117 Å². The van der Waals surface area contributed by atoms with Crippen LogP contribution in [0.15, 0.2) is 58.3 Å². The van der Waals surface area contributed by atoms with E-state index >= 15 is 0 Å². The van der Waals surface area contributed by atoms with Crippen LogP contribution in [0.25, 0.3) is 0 Å². The third-order valence-corrected chi connectivity index (χ3v) is 4.22. The molecule has 0 aliphatic heterocycles. The summed E-state index contributed by atoms with van der Waals surface area (Å²) in [7, 11) is 0. The lowest BCUT2D eigenvalue weighted by Crippen LogP contribution is -2.14. The van der Waals surface area contributed by atoms with Crippen LogP contribution in [0.5, 0.6) is 0 Å². The van der Waals surface area contributed by atoms with Crippen LogP contribution < -0.4 is 5.32 Å². The summed E-state index contributed by atoms with van der Waals surface area (Å²) in [6.45, 7) is 0.926. The molecule has 1 fully saturated rings. The molecule has 0 amide bonds. The average molecular weight is 273 g/mol. The lowest BCUT2D eigenvalue weighted by atomic mass is 10.2. The van der Waals surface area contributed by atoms with Crippen LogP contribution in [0.4, 0.5) is 4.39 Å². The highest BCUT2D eigenvalue weighted by molar-refractivity contribution is 7.99. The quantitative estimate of drug-likeness (QED) is 0.875. The van der Waals surface area contributed by atoms with Crippen LogP contribution in [-0.4, -0.2) is 6.04 Å². The van der Waals surface area contributed by atoms with E-state index in [4.69, 9.17) is 0 Å². The van der Waals surface area contributed by atoms with Crippen molar-refractivity contribution in [1.29, 1.82) is 0 Å². The third kappa shape index (κ3) is 3.58. The monoisotopic (exact) mass is 273 g/mol. The molecule has 0 aromatic heterocycles. The number of hydrogen-bond acceptors (Lipinski definition) is 2. The number of benzene rings is 2. The second-order valence-electron chi connectivity index (χ2n) is 4.83. The molecule has 1 aliphatic rings. The molecule has 0 radical (unpaired) electrons. The summed E-state index contributed by atoms with van der Waals surface area (Å²) in [6, 6.07) is 15.9. The molecule has 98 valence electrons. The minimum atomic E-state index is -0.160. The molecule has 2 aromatic rings. The molecule has 0 unspecified atom stereocenters. The van der Waals surface area contributed by atoms with E-state index < -0.39 is 0 Å². The number of halogens is 1. The van der Waals surface area contributed by atoms with E-state index in [2.05, 4.69) is 29.6 Å². The summed E-state index contributed by atoms with van der Waals surface area (Å²) in [5, 5.41) is 3.48. The zero-order chi connectivity index (χ0) is 13.1. The normalized spacial score (nSPS) is 14.6. The fourth-order valence-electron chi connectivity index (χ4n) is 1.88. The molecular formula is C16H16FNS. The fourth-order valence-corrected chi connectivity index (χ4v) is 2.72. The van der Waals surface area contributed by atoms with Crippen LogP contribution in [-0.2, 0) is 6.54 Å².